The molecule has 4 aromatic rings. The lowest BCUT2D eigenvalue weighted by Gasteiger charge is -2.16. The highest BCUT2D eigenvalue weighted by atomic mass is 32.2. The molecule has 1 N–H and O–H groups in total. The molecule has 9 nitrogen and oxygen atoms in total. The van der Waals surface area contributed by atoms with Gasteiger partial charge in [-0.25, -0.2) is 0 Å². The summed E-state index contributed by atoms with van der Waals surface area (Å²) in [7, 11) is 0. The average Bonchev–Trinajstić information content (AvgIpc) is 3.57. The lowest BCUT2D eigenvalue weighted by Crippen LogP contribution is -2.23. The Labute approximate surface area is 231 Å². The second-order valence-electron chi connectivity index (χ2n) is 9.03. The molecule has 0 radical (unpaired) electrons. The number of ether oxygens (including phenoxy) is 1. The van der Waals surface area contributed by atoms with Gasteiger partial charge in [0.25, 0.3) is 5.91 Å². The number of carbonyl (C=O) groups is 1. The molecule has 0 fully saturated rings. The molecule has 0 spiro atoms. The average molecular weight is 541 g/mol. The lowest BCUT2D eigenvalue weighted by molar-refractivity contribution is 0.0949. The van der Waals surface area contributed by atoms with E-state index >= 15 is 0 Å². The Balaban J connectivity index is 1.23. The number of carbonyl (C=O) groups excluding carboxylic acids is 1. The Hall–Kier alpha value is -4.36. The van der Waals surface area contributed by atoms with Gasteiger partial charge in [0, 0.05) is 23.1 Å². The van der Waals surface area contributed by atoms with Crippen LogP contribution in [0.1, 0.15) is 52.5 Å². The van der Waals surface area contributed by atoms with Gasteiger partial charge in [0.2, 0.25) is 0 Å². The topological polar surface area (TPSA) is 108 Å². The molecule has 1 aromatic carbocycles. The monoisotopic (exact) mass is 540 g/mol. The molecule has 0 saturated heterocycles. The van der Waals surface area contributed by atoms with E-state index in [1.807, 2.05) is 41.8 Å². The number of hydrogen-bond donors (Lipinski definition) is 1. The maximum absolute atomic E-state index is 12.0. The van der Waals surface area contributed by atoms with E-state index in [1.165, 1.54) is 6.42 Å². The van der Waals surface area contributed by atoms with Crippen molar-refractivity contribution in [3.8, 4) is 23.3 Å². The fraction of sp³-hybridized carbons (Fsp3) is 0.276. The van der Waals surface area contributed by atoms with Gasteiger partial charge in [0.15, 0.2) is 16.7 Å². The quantitative estimate of drug-likeness (QED) is 0.250. The van der Waals surface area contributed by atoms with E-state index in [0.717, 1.165) is 34.8 Å². The molecule has 0 bridgehead atoms. The second-order valence-corrected chi connectivity index (χ2v) is 10.2. The summed E-state index contributed by atoms with van der Waals surface area (Å²) in [4.78, 5) is 16.3. The molecule has 10 heteroatoms. The van der Waals surface area contributed by atoms with Gasteiger partial charge in [-0.05, 0) is 69.0 Å². The zero-order valence-corrected chi connectivity index (χ0v) is 22.6. The van der Waals surface area contributed by atoms with Gasteiger partial charge in [0.05, 0.1) is 18.4 Å². The number of thioether (sulfide) groups is 1. The highest BCUT2D eigenvalue weighted by Crippen LogP contribution is 2.31. The fourth-order valence-electron chi connectivity index (χ4n) is 4.07. The molecular weight excluding hydrogens is 512 g/mol. The standard InChI is InChI=1S/C29H28N6O3S/c1-20-16-24(13-12-22(20)8-6-15-31-28(36)26-17-21(2)38-34-26)37-19-27-32-33-29(39-25-10-4-3-5-11-25)35(27)23-9-7-14-30-18-23/h4,7,9-10,12-14,16-18,25H,3,5,11,15,19H2,1-2H3,(H,31,36). The first-order valence-corrected chi connectivity index (χ1v) is 13.6. The predicted octanol–water partition coefficient (Wildman–Crippen LogP) is 4.83. The number of nitrogens with one attached hydrogen (secondary N) is 1. The van der Waals surface area contributed by atoms with Crippen molar-refractivity contribution in [2.24, 2.45) is 0 Å². The minimum atomic E-state index is -0.322. The van der Waals surface area contributed by atoms with Crippen LogP contribution in [0, 0.1) is 25.7 Å². The second kappa shape index (κ2) is 12.5. The molecule has 0 saturated carbocycles. The molecule has 198 valence electrons. The summed E-state index contributed by atoms with van der Waals surface area (Å²) in [5.41, 5.74) is 2.96. The van der Waals surface area contributed by atoms with E-state index in [-0.39, 0.29) is 24.8 Å². The first-order valence-electron chi connectivity index (χ1n) is 12.7. The van der Waals surface area contributed by atoms with E-state index in [4.69, 9.17) is 9.26 Å². The molecule has 39 heavy (non-hydrogen) atoms. The smallest absolute Gasteiger partial charge is 0.274 e. The van der Waals surface area contributed by atoms with Gasteiger partial charge in [-0.1, -0.05) is 40.9 Å². The summed E-state index contributed by atoms with van der Waals surface area (Å²) in [6, 6.07) is 11.2. The van der Waals surface area contributed by atoms with Gasteiger partial charge in [-0.3, -0.25) is 14.3 Å². The molecule has 1 unspecified atom stereocenters. The van der Waals surface area contributed by atoms with Crippen molar-refractivity contribution in [3.05, 3.63) is 89.3 Å². The number of aromatic nitrogens is 5. The molecular formula is C29H28N6O3S. The minimum absolute atomic E-state index is 0.198. The SMILES string of the molecule is Cc1cc(C(=O)NCC#Cc2ccc(OCc3nnc(SC4C=CCCC4)n3-c3cccnc3)cc2C)no1. The molecule has 3 aromatic heterocycles. The van der Waals surface area contributed by atoms with Crippen molar-refractivity contribution in [3.63, 3.8) is 0 Å². The zero-order valence-electron chi connectivity index (χ0n) is 21.8. The van der Waals surface area contributed by atoms with E-state index in [2.05, 4.69) is 49.6 Å². The van der Waals surface area contributed by atoms with Crippen LogP contribution < -0.4 is 10.1 Å². The van der Waals surface area contributed by atoms with Gasteiger partial charge < -0.3 is 14.6 Å². The fourth-order valence-corrected chi connectivity index (χ4v) is 5.22. The van der Waals surface area contributed by atoms with Crippen LogP contribution in [-0.4, -0.2) is 42.6 Å². The largest absolute Gasteiger partial charge is 0.486 e. The number of nitrogens with zero attached hydrogens (tertiary/aromatic N) is 5. The minimum Gasteiger partial charge on any atom is -0.486 e. The van der Waals surface area contributed by atoms with Crippen molar-refractivity contribution in [1.82, 2.24) is 30.2 Å². The van der Waals surface area contributed by atoms with E-state index in [0.29, 0.717) is 22.6 Å². The summed E-state index contributed by atoms with van der Waals surface area (Å²) in [5.74, 6) is 7.73. The molecule has 1 amide bonds. The van der Waals surface area contributed by atoms with Gasteiger partial charge in [-0.15, -0.1) is 10.2 Å². The Bertz CT molecular complexity index is 1530. The van der Waals surface area contributed by atoms with Gasteiger partial charge in [-0.2, -0.15) is 0 Å². The predicted molar refractivity (Wildman–Crippen MR) is 148 cm³/mol. The van der Waals surface area contributed by atoms with Gasteiger partial charge >= 0.3 is 0 Å². The van der Waals surface area contributed by atoms with Gasteiger partial charge in [0.1, 0.15) is 18.1 Å². The molecule has 1 atom stereocenters. The first kappa shape index (κ1) is 26.3. The summed E-state index contributed by atoms with van der Waals surface area (Å²) >= 11 is 1.71. The Morgan fingerprint density at radius 1 is 1.26 bits per heavy atom. The van der Waals surface area contributed by atoms with Crippen LogP contribution in [0.5, 0.6) is 5.75 Å². The van der Waals surface area contributed by atoms with Crippen LogP contribution in [0.15, 0.2) is 70.6 Å². The van der Waals surface area contributed by atoms with Crippen molar-refractivity contribution in [2.75, 3.05) is 6.54 Å². The van der Waals surface area contributed by atoms with Crippen LogP contribution in [-0.2, 0) is 6.61 Å². The Morgan fingerprint density at radius 2 is 2.18 bits per heavy atom. The van der Waals surface area contributed by atoms with Crippen molar-refractivity contribution in [2.45, 2.75) is 50.1 Å². The summed E-state index contributed by atoms with van der Waals surface area (Å²) in [6.07, 6.45) is 11.5. The number of pyridine rings is 1. The Kier molecular flexibility index (Phi) is 8.39. The molecule has 1 aliphatic rings. The van der Waals surface area contributed by atoms with Crippen molar-refractivity contribution in [1.29, 1.82) is 0 Å². The normalized spacial score (nSPS) is 14.5. The van der Waals surface area contributed by atoms with Crippen LogP contribution in [0.2, 0.25) is 0 Å². The number of hydrogen-bond acceptors (Lipinski definition) is 8. The lowest BCUT2D eigenvalue weighted by atomic mass is 10.1. The third kappa shape index (κ3) is 6.75. The summed E-state index contributed by atoms with van der Waals surface area (Å²) in [6.45, 7) is 4.15. The van der Waals surface area contributed by atoms with E-state index in [9.17, 15) is 4.79 Å². The number of allylic oxidation sites excluding steroid dienone is 1. The zero-order chi connectivity index (χ0) is 27.0. The van der Waals surface area contributed by atoms with Crippen molar-refractivity contribution < 1.29 is 14.1 Å². The third-order valence-electron chi connectivity index (χ3n) is 6.06. The molecule has 0 aliphatic heterocycles. The maximum Gasteiger partial charge on any atom is 0.274 e. The van der Waals surface area contributed by atoms with Crippen LogP contribution in [0.25, 0.3) is 5.69 Å². The van der Waals surface area contributed by atoms with E-state index < -0.39 is 0 Å². The third-order valence-corrected chi connectivity index (χ3v) is 7.23. The highest BCUT2D eigenvalue weighted by Gasteiger charge is 2.19. The van der Waals surface area contributed by atoms with Crippen LogP contribution >= 0.6 is 11.8 Å². The molecule has 3 heterocycles. The van der Waals surface area contributed by atoms with E-state index in [1.54, 1.807) is 37.1 Å². The van der Waals surface area contributed by atoms with Crippen molar-refractivity contribution >= 4 is 17.7 Å². The van der Waals surface area contributed by atoms with Crippen LogP contribution in [0.4, 0.5) is 0 Å². The number of amides is 1. The molecule has 1 aliphatic carbocycles. The summed E-state index contributed by atoms with van der Waals surface area (Å²) < 4.78 is 13.1. The number of aryl methyl sites for hydroxylation is 2. The highest BCUT2D eigenvalue weighted by molar-refractivity contribution is 7.99. The summed E-state index contributed by atoms with van der Waals surface area (Å²) in [5, 5.41) is 16.5. The van der Waals surface area contributed by atoms with Crippen LogP contribution in [0.3, 0.4) is 0 Å². The molecule has 5 rings (SSSR count). The number of benzene rings is 1. The Morgan fingerprint density at radius 3 is 2.92 bits per heavy atom. The number of rotatable bonds is 8. The first-order chi connectivity index (χ1) is 19.1. The maximum atomic E-state index is 12.0.